The van der Waals surface area contributed by atoms with Crippen molar-refractivity contribution in [3.8, 4) is 0 Å². The number of hydrogen-bond acceptors (Lipinski definition) is 2. The highest BCUT2D eigenvalue weighted by Crippen LogP contribution is 2.05. The molecule has 0 spiro atoms. The fourth-order valence-corrected chi connectivity index (χ4v) is 1.11. The fraction of sp³-hybridized carbons (Fsp3) is 0.300. The largest absolute Gasteiger partial charge is 0.286 e. The number of benzene rings is 1. The van der Waals surface area contributed by atoms with E-state index in [0.29, 0.717) is 5.06 Å². The number of amides is 1. The SMILES string of the molecule is Cc1cccc(CC(=O)N(C)O)c1. The number of carbonyl (C=O) groups is 1. The van der Waals surface area contributed by atoms with Crippen molar-refractivity contribution < 1.29 is 10.0 Å². The van der Waals surface area contributed by atoms with Crippen LogP contribution in [0.25, 0.3) is 0 Å². The van der Waals surface area contributed by atoms with Gasteiger partial charge < -0.3 is 0 Å². The molecule has 13 heavy (non-hydrogen) atoms. The van der Waals surface area contributed by atoms with E-state index in [1.54, 1.807) is 0 Å². The van der Waals surface area contributed by atoms with Crippen molar-refractivity contribution in [2.75, 3.05) is 7.05 Å². The predicted octanol–water partition coefficient (Wildman–Crippen LogP) is 1.39. The monoisotopic (exact) mass is 179 g/mol. The van der Waals surface area contributed by atoms with Gasteiger partial charge in [0.1, 0.15) is 0 Å². The highest BCUT2D eigenvalue weighted by Gasteiger charge is 2.06. The minimum atomic E-state index is -0.300. The van der Waals surface area contributed by atoms with Crippen LogP contribution in [0.4, 0.5) is 0 Å². The van der Waals surface area contributed by atoms with Crippen molar-refractivity contribution in [2.45, 2.75) is 13.3 Å². The van der Waals surface area contributed by atoms with E-state index in [2.05, 4.69) is 0 Å². The topological polar surface area (TPSA) is 40.5 Å². The molecule has 0 radical (unpaired) electrons. The van der Waals surface area contributed by atoms with Crippen molar-refractivity contribution in [3.63, 3.8) is 0 Å². The summed E-state index contributed by atoms with van der Waals surface area (Å²) >= 11 is 0. The molecule has 3 nitrogen and oxygen atoms in total. The molecule has 1 rings (SSSR count). The molecule has 0 aliphatic heterocycles. The molecule has 1 N–H and O–H groups in total. The van der Waals surface area contributed by atoms with Gasteiger partial charge in [0.2, 0.25) is 5.91 Å². The highest BCUT2D eigenvalue weighted by atomic mass is 16.5. The minimum absolute atomic E-state index is 0.245. The van der Waals surface area contributed by atoms with Gasteiger partial charge in [-0.1, -0.05) is 29.8 Å². The first-order valence-electron chi connectivity index (χ1n) is 4.10. The Morgan fingerprint density at radius 3 is 2.77 bits per heavy atom. The average molecular weight is 179 g/mol. The molecule has 0 unspecified atom stereocenters. The van der Waals surface area contributed by atoms with Crippen molar-refractivity contribution in [3.05, 3.63) is 35.4 Å². The molecular formula is C10H13NO2. The zero-order chi connectivity index (χ0) is 9.84. The molecule has 0 atom stereocenters. The van der Waals surface area contributed by atoms with E-state index in [-0.39, 0.29) is 12.3 Å². The quantitative estimate of drug-likeness (QED) is 0.550. The third-order valence-corrected chi connectivity index (χ3v) is 1.80. The van der Waals surface area contributed by atoms with Gasteiger partial charge in [-0.25, -0.2) is 5.06 Å². The lowest BCUT2D eigenvalue weighted by Gasteiger charge is -2.08. The van der Waals surface area contributed by atoms with Gasteiger partial charge in [-0.3, -0.25) is 10.0 Å². The lowest BCUT2D eigenvalue weighted by molar-refractivity contribution is -0.158. The molecule has 70 valence electrons. The summed E-state index contributed by atoms with van der Waals surface area (Å²) in [6.45, 7) is 1.97. The molecule has 1 aromatic rings. The molecule has 1 aromatic carbocycles. The zero-order valence-corrected chi connectivity index (χ0v) is 7.82. The summed E-state index contributed by atoms with van der Waals surface area (Å²) < 4.78 is 0. The first-order chi connectivity index (χ1) is 6.09. The number of likely N-dealkylation sites (N-methyl/N-ethyl adjacent to an activating group) is 1. The third kappa shape index (κ3) is 2.87. The fourth-order valence-electron chi connectivity index (χ4n) is 1.11. The summed E-state index contributed by atoms with van der Waals surface area (Å²) in [7, 11) is 1.33. The molecule has 0 bridgehead atoms. The van der Waals surface area contributed by atoms with Crippen LogP contribution >= 0.6 is 0 Å². The van der Waals surface area contributed by atoms with E-state index < -0.39 is 0 Å². The van der Waals surface area contributed by atoms with Crippen molar-refractivity contribution in [1.82, 2.24) is 5.06 Å². The van der Waals surface area contributed by atoms with Gasteiger partial charge in [-0.2, -0.15) is 0 Å². The van der Waals surface area contributed by atoms with Gasteiger partial charge in [0, 0.05) is 7.05 Å². The van der Waals surface area contributed by atoms with E-state index >= 15 is 0 Å². The lowest BCUT2D eigenvalue weighted by Crippen LogP contribution is -2.24. The molecule has 0 aromatic heterocycles. The zero-order valence-electron chi connectivity index (χ0n) is 7.82. The van der Waals surface area contributed by atoms with Crippen LogP contribution in [0.2, 0.25) is 0 Å². The Hall–Kier alpha value is -1.35. The summed E-state index contributed by atoms with van der Waals surface area (Å²) in [6, 6.07) is 7.67. The van der Waals surface area contributed by atoms with Gasteiger partial charge in [0.25, 0.3) is 0 Å². The van der Waals surface area contributed by atoms with Crippen LogP contribution in [-0.4, -0.2) is 23.2 Å². The number of nitrogens with zero attached hydrogens (tertiary/aromatic N) is 1. The van der Waals surface area contributed by atoms with Crippen molar-refractivity contribution in [1.29, 1.82) is 0 Å². The smallest absolute Gasteiger partial charge is 0.250 e. The Balaban J connectivity index is 2.69. The average Bonchev–Trinajstić information content (AvgIpc) is 2.04. The normalized spacial score (nSPS) is 9.77. The van der Waals surface area contributed by atoms with Gasteiger partial charge in [0.05, 0.1) is 6.42 Å². The first kappa shape index (κ1) is 9.74. The lowest BCUT2D eigenvalue weighted by atomic mass is 10.1. The summed E-state index contributed by atoms with van der Waals surface area (Å²) in [5.41, 5.74) is 2.04. The number of aryl methyl sites for hydroxylation is 1. The van der Waals surface area contributed by atoms with Crippen LogP contribution in [0.1, 0.15) is 11.1 Å². The minimum Gasteiger partial charge on any atom is -0.286 e. The first-order valence-corrected chi connectivity index (χ1v) is 4.10. The second kappa shape index (κ2) is 4.05. The van der Waals surface area contributed by atoms with E-state index in [4.69, 9.17) is 5.21 Å². The van der Waals surface area contributed by atoms with E-state index in [0.717, 1.165) is 11.1 Å². The van der Waals surface area contributed by atoms with Gasteiger partial charge in [-0.05, 0) is 12.5 Å². The standard InChI is InChI=1S/C10H13NO2/c1-8-4-3-5-9(6-8)7-10(12)11(2)13/h3-6,13H,7H2,1-2H3. The Bertz CT molecular complexity index is 308. The summed E-state index contributed by atoms with van der Waals surface area (Å²) in [5.74, 6) is -0.300. The molecule has 1 amide bonds. The Labute approximate surface area is 77.6 Å². The van der Waals surface area contributed by atoms with Crippen LogP contribution in [0.5, 0.6) is 0 Å². The van der Waals surface area contributed by atoms with Crippen LogP contribution in [-0.2, 0) is 11.2 Å². The van der Waals surface area contributed by atoms with E-state index in [1.807, 2.05) is 31.2 Å². The highest BCUT2D eigenvalue weighted by molar-refractivity contribution is 5.77. The molecule has 0 saturated heterocycles. The van der Waals surface area contributed by atoms with Crippen LogP contribution in [0.15, 0.2) is 24.3 Å². The summed E-state index contributed by atoms with van der Waals surface area (Å²) in [6.07, 6.45) is 0.245. The van der Waals surface area contributed by atoms with E-state index in [9.17, 15) is 4.79 Å². The maximum Gasteiger partial charge on any atom is 0.250 e. The molecule has 0 fully saturated rings. The van der Waals surface area contributed by atoms with E-state index in [1.165, 1.54) is 7.05 Å². The number of hydroxylamine groups is 2. The van der Waals surface area contributed by atoms with Crippen LogP contribution in [0, 0.1) is 6.92 Å². The Morgan fingerprint density at radius 1 is 1.54 bits per heavy atom. The summed E-state index contributed by atoms with van der Waals surface area (Å²) in [5, 5.41) is 9.45. The van der Waals surface area contributed by atoms with Crippen LogP contribution in [0.3, 0.4) is 0 Å². The van der Waals surface area contributed by atoms with Gasteiger partial charge >= 0.3 is 0 Å². The second-order valence-electron chi connectivity index (χ2n) is 3.08. The summed E-state index contributed by atoms with van der Waals surface area (Å²) in [4.78, 5) is 11.1. The number of carbonyl (C=O) groups excluding carboxylic acids is 1. The van der Waals surface area contributed by atoms with Gasteiger partial charge in [0.15, 0.2) is 0 Å². The van der Waals surface area contributed by atoms with Crippen molar-refractivity contribution >= 4 is 5.91 Å². The predicted molar refractivity (Wildman–Crippen MR) is 49.4 cm³/mol. The molecule has 3 heteroatoms. The molecule has 0 heterocycles. The maximum absolute atomic E-state index is 11.1. The third-order valence-electron chi connectivity index (χ3n) is 1.80. The molecular weight excluding hydrogens is 166 g/mol. The number of rotatable bonds is 2. The second-order valence-corrected chi connectivity index (χ2v) is 3.08. The molecule has 0 aliphatic rings. The molecule has 0 saturated carbocycles. The Morgan fingerprint density at radius 2 is 2.23 bits per heavy atom. The van der Waals surface area contributed by atoms with Gasteiger partial charge in [-0.15, -0.1) is 0 Å². The number of hydrogen-bond donors (Lipinski definition) is 1. The Kier molecular flexibility index (Phi) is 3.03. The molecule has 0 aliphatic carbocycles. The maximum atomic E-state index is 11.1. The van der Waals surface area contributed by atoms with Crippen molar-refractivity contribution in [2.24, 2.45) is 0 Å². The van der Waals surface area contributed by atoms with Crippen LogP contribution < -0.4 is 0 Å².